The minimum Gasteiger partial charge on any atom is -0.495 e. The van der Waals surface area contributed by atoms with Crippen molar-refractivity contribution >= 4 is 23.4 Å². The number of benzene rings is 2. The molecule has 1 aliphatic heterocycles. The van der Waals surface area contributed by atoms with E-state index in [1.54, 1.807) is 51.1 Å². The van der Waals surface area contributed by atoms with E-state index in [2.05, 4.69) is 10.6 Å². The molecule has 2 N–H and O–H groups in total. The maximum absolute atomic E-state index is 12.5. The van der Waals surface area contributed by atoms with Gasteiger partial charge in [-0.05, 0) is 56.7 Å². The Morgan fingerprint density at radius 1 is 1.00 bits per heavy atom. The summed E-state index contributed by atoms with van der Waals surface area (Å²) >= 11 is 0. The van der Waals surface area contributed by atoms with Gasteiger partial charge in [0.1, 0.15) is 24.6 Å². The molecule has 0 aromatic heterocycles. The van der Waals surface area contributed by atoms with Gasteiger partial charge >= 0.3 is 6.09 Å². The van der Waals surface area contributed by atoms with Crippen molar-refractivity contribution in [3.8, 4) is 17.2 Å². The molecule has 160 valence electrons. The fourth-order valence-electron chi connectivity index (χ4n) is 2.89. The molecule has 2 aromatic rings. The van der Waals surface area contributed by atoms with Crippen molar-refractivity contribution < 1.29 is 28.5 Å². The van der Waals surface area contributed by atoms with Crippen LogP contribution in [0.5, 0.6) is 17.2 Å². The summed E-state index contributed by atoms with van der Waals surface area (Å²) in [5.74, 6) is 1.56. The van der Waals surface area contributed by atoms with Crippen LogP contribution in [0.2, 0.25) is 0 Å². The average molecular weight is 414 g/mol. The number of hydrogen-bond donors (Lipinski definition) is 2. The van der Waals surface area contributed by atoms with E-state index in [0.29, 0.717) is 41.8 Å². The Morgan fingerprint density at radius 2 is 1.73 bits per heavy atom. The Bertz CT molecular complexity index is 936. The number of anilines is 2. The minimum atomic E-state index is -0.632. The molecule has 3 rings (SSSR count). The Morgan fingerprint density at radius 3 is 2.43 bits per heavy atom. The third-order valence-electron chi connectivity index (χ3n) is 4.09. The summed E-state index contributed by atoms with van der Waals surface area (Å²) in [5.41, 5.74) is 1.08. The standard InChI is InChI=1S/C22H26N2O6/c1-22(2,3)30-21(26)24-16-13-15(6-8-17(16)27-4)23-20(25)12-14-5-7-18-19(11-14)29-10-9-28-18/h5-8,11,13H,9-10,12H2,1-4H3,(H,23,25)(H,24,26). The highest BCUT2D eigenvalue weighted by molar-refractivity contribution is 5.94. The van der Waals surface area contributed by atoms with Crippen molar-refractivity contribution in [2.45, 2.75) is 32.8 Å². The summed E-state index contributed by atoms with van der Waals surface area (Å²) in [7, 11) is 1.50. The number of hydrogen-bond acceptors (Lipinski definition) is 6. The Hall–Kier alpha value is -3.42. The Labute approximate surface area is 175 Å². The zero-order valence-electron chi connectivity index (χ0n) is 17.5. The molecule has 0 saturated heterocycles. The smallest absolute Gasteiger partial charge is 0.412 e. The lowest BCUT2D eigenvalue weighted by Gasteiger charge is -2.20. The van der Waals surface area contributed by atoms with E-state index in [0.717, 1.165) is 5.56 Å². The van der Waals surface area contributed by atoms with Gasteiger partial charge in [0.15, 0.2) is 11.5 Å². The maximum atomic E-state index is 12.5. The molecule has 30 heavy (non-hydrogen) atoms. The molecule has 1 heterocycles. The Balaban J connectivity index is 1.67. The molecule has 0 unspecified atom stereocenters. The van der Waals surface area contributed by atoms with Crippen molar-refractivity contribution in [2.75, 3.05) is 31.0 Å². The molecule has 8 nitrogen and oxygen atoms in total. The van der Waals surface area contributed by atoms with E-state index in [1.807, 2.05) is 6.07 Å². The number of amides is 2. The summed E-state index contributed by atoms with van der Waals surface area (Å²) in [4.78, 5) is 24.6. The molecule has 0 fully saturated rings. The number of methoxy groups -OCH3 is 1. The summed E-state index contributed by atoms with van der Waals surface area (Å²) in [5, 5.41) is 5.47. The number of ether oxygens (including phenoxy) is 4. The van der Waals surface area contributed by atoms with Gasteiger partial charge in [-0.2, -0.15) is 0 Å². The van der Waals surface area contributed by atoms with Crippen molar-refractivity contribution in [1.82, 2.24) is 0 Å². The second-order valence-corrected chi connectivity index (χ2v) is 7.74. The van der Waals surface area contributed by atoms with Crippen LogP contribution in [0.3, 0.4) is 0 Å². The lowest BCUT2D eigenvalue weighted by atomic mass is 10.1. The van der Waals surface area contributed by atoms with E-state index in [9.17, 15) is 9.59 Å². The van der Waals surface area contributed by atoms with Gasteiger partial charge in [0.05, 0.1) is 19.2 Å². The topological polar surface area (TPSA) is 95.1 Å². The van der Waals surface area contributed by atoms with Gasteiger partial charge in [-0.1, -0.05) is 6.07 Å². The van der Waals surface area contributed by atoms with Crippen LogP contribution in [-0.4, -0.2) is 37.9 Å². The molecule has 1 aliphatic rings. The molecular weight excluding hydrogens is 388 g/mol. The maximum Gasteiger partial charge on any atom is 0.412 e. The third kappa shape index (κ3) is 5.79. The van der Waals surface area contributed by atoms with Crippen LogP contribution in [0.25, 0.3) is 0 Å². The lowest BCUT2D eigenvalue weighted by Crippen LogP contribution is -2.27. The molecule has 0 spiro atoms. The first-order valence-electron chi connectivity index (χ1n) is 9.60. The number of rotatable bonds is 5. The summed E-state index contributed by atoms with van der Waals surface area (Å²) in [6.45, 7) is 6.33. The highest BCUT2D eigenvalue weighted by Gasteiger charge is 2.18. The quantitative estimate of drug-likeness (QED) is 0.768. The third-order valence-corrected chi connectivity index (χ3v) is 4.09. The monoisotopic (exact) mass is 414 g/mol. The number of carbonyl (C=O) groups is 2. The van der Waals surface area contributed by atoms with Gasteiger partial charge in [-0.25, -0.2) is 4.79 Å². The van der Waals surface area contributed by atoms with Crippen molar-refractivity contribution in [1.29, 1.82) is 0 Å². The molecular formula is C22H26N2O6. The van der Waals surface area contributed by atoms with E-state index < -0.39 is 11.7 Å². The van der Waals surface area contributed by atoms with E-state index >= 15 is 0 Å². The predicted molar refractivity (Wildman–Crippen MR) is 113 cm³/mol. The second kappa shape index (κ2) is 8.94. The highest BCUT2D eigenvalue weighted by Crippen LogP contribution is 2.31. The van der Waals surface area contributed by atoms with Crippen LogP contribution in [-0.2, 0) is 16.0 Å². The Kier molecular flexibility index (Phi) is 6.34. The zero-order chi connectivity index (χ0) is 21.7. The zero-order valence-corrected chi connectivity index (χ0v) is 17.5. The lowest BCUT2D eigenvalue weighted by molar-refractivity contribution is -0.115. The average Bonchev–Trinajstić information content (AvgIpc) is 2.66. The van der Waals surface area contributed by atoms with Crippen LogP contribution >= 0.6 is 0 Å². The summed E-state index contributed by atoms with van der Waals surface area (Å²) in [6.07, 6.45) is -0.446. The number of carbonyl (C=O) groups excluding carboxylic acids is 2. The van der Waals surface area contributed by atoms with Crippen LogP contribution in [0.4, 0.5) is 16.2 Å². The van der Waals surface area contributed by atoms with Gasteiger partial charge in [0, 0.05) is 5.69 Å². The van der Waals surface area contributed by atoms with Crippen LogP contribution < -0.4 is 24.8 Å². The summed E-state index contributed by atoms with van der Waals surface area (Å²) in [6, 6.07) is 10.4. The number of nitrogens with one attached hydrogen (secondary N) is 2. The molecule has 0 bridgehead atoms. The SMILES string of the molecule is COc1ccc(NC(=O)Cc2ccc3c(c2)OCCO3)cc1NC(=O)OC(C)(C)C. The fourth-order valence-corrected chi connectivity index (χ4v) is 2.89. The van der Waals surface area contributed by atoms with Gasteiger partial charge in [-0.15, -0.1) is 0 Å². The minimum absolute atomic E-state index is 0.164. The number of fused-ring (bicyclic) bond motifs is 1. The van der Waals surface area contributed by atoms with Crippen molar-refractivity contribution in [3.63, 3.8) is 0 Å². The predicted octanol–water partition coefficient (Wildman–Crippen LogP) is 3.99. The molecule has 0 atom stereocenters. The van der Waals surface area contributed by atoms with Crippen LogP contribution in [0.1, 0.15) is 26.3 Å². The van der Waals surface area contributed by atoms with E-state index in [1.165, 1.54) is 7.11 Å². The van der Waals surface area contributed by atoms with Crippen LogP contribution in [0.15, 0.2) is 36.4 Å². The second-order valence-electron chi connectivity index (χ2n) is 7.74. The normalized spacial score (nSPS) is 12.7. The van der Waals surface area contributed by atoms with Gasteiger partial charge < -0.3 is 24.3 Å². The molecule has 2 aromatic carbocycles. The van der Waals surface area contributed by atoms with Crippen molar-refractivity contribution in [2.24, 2.45) is 0 Å². The van der Waals surface area contributed by atoms with Gasteiger partial charge in [0.2, 0.25) is 5.91 Å². The first-order chi connectivity index (χ1) is 14.2. The molecule has 8 heteroatoms. The summed E-state index contributed by atoms with van der Waals surface area (Å²) < 4.78 is 21.6. The van der Waals surface area contributed by atoms with E-state index in [-0.39, 0.29) is 12.3 Å². The first-order valence-corrected chi connectivity index (χ1v) is 9.60. The highest BCUT2D eigenvalue weighted by atomic mass is 16.6. The fraction of sp³-hybridized carbons (Fsp3) is 0.364. The van der Waals surface area contributed by atoms with Crippen LogP contribution in [0, 0.1) is 0 Å². The molecule has 0 saturated carbocycles. The van der Waals surface area contributed by atoms with E-state index in [4.69, 9.17) is 18.9 Å². The molecule has 2 amide bonds. The molecule has 0 aliphatic carbocycles. The molecule has 0 radical (unpaired) electrons. The van der Waals surface area contributed by atoms with Gasteiger partial charge in [-0.3, -0.25) is 10.1 Å². The largest absolute Gasteiger partial charge is 0.495 e. The van der Waals surface area contributed by atoms with Crippen molar-refractivity contribution in [3.05, 3.63) is 42.0 Å². The first kappa shape index (κ1) is 21.3. The van der Waals surface area contributed by atoms with Gasteiger partial charge in [0.25, 0.3) is 0 Å².